The molecular weight excluding hydrogens is 261 g/mol. The number of benzene rings is 2. The summed E-state index contributed by atoms with van der Waals surface area (Å²) in [5.74, 6) is -0.139. The lowest BCUT2D eigenvalue weighted by molar-refractivity contribution is 0.386. The van der Waals surface area contributed by atoms with E-state index in [2.05, 4.69) is 50.4 Å². The fourth-order valence-corrected chi connectivity index (χ4v) is 2.77. The molecule has 0 radical (unpaired) electrons. The highest BCUT2D eigenvalue weighted by Crippen LogP contribution is 2.28. The van der Waals surface area contributed by atoms with E-state index >= 15 is 0 Å². The van der Waals surface area contributed by atoms with E-state index in [-0.39, 0.29) is 11.2 Å². The Bertz CT molecular complexity index is 563. The van der Waals surface area contributed by atoms with Crippen molar-refractivity contribution in [1.29, 1.82) is 0 Å². The van der Waals surface area contributed by atoms with Crippen LogP contribution in [0.2, 0.25) is 0 Å². The number of rotatable bonds is 6. The minimum atomic E-state index is -0.139. The van der Waals surface area contributed by atoms with Crippen LogP contribution in [-0.2, 0) is 12.0 Å². The van der Waals surface area contributed by atoms with E-state index in [1.807, 2.05) is 18.2 Å². The first-order chi connectivity index (χ1) is 9.99. The zero-order valence-corrected chi connectivity index (χ0v) is 13.1. The third kappa shape index (κ3) is 4.40. The van der Waals surface area contributed by atoms with Gasteiger partial charge in [0, 0.05) is 18.2 Å². The third-order valence-electron chi connectivity index (χ3n) is 3.97. The van der Waals surface area contributed by atoms with Crippen LogP contribution in [0.4, 0.5) is 4.39 Å². The molecule has 2 aromatic rings. The van der Waals surface area contributed by atoms with Crippen LogP contribution < -0.4 is 5.32 Å². The highest BCUT2D eigenvalue weighted by Gasteiger charge is 2.22. The lowest BCUT2D eigenvalue weighted by Crippen LogP contribution is -2.33. The predicted molar refractivity (Wildman–Crippen MR) is 86.8 cm³/mol. The van der Waals surface area contributed by atoms with Gasteiger partial charge in [-0.05, 0) is 30.4 Å². The van der Waals surface area contributed by atoms with Crippen molar-refractivity contribution in [2.75, 3.05) is 0 Å². The second kappa shape index (κ2) is 6.86. The van der Waals surface area contributed by atoms with Crippen molar-refractivity contribution in [2.45, 2.75) is 45.2 Å². The van der Waals surface area contributed by atoms with Gasteiger partial charge in [-0.1, -0.05) is 62.4 Å². The van der Waals surface area contributed by atoms with Crippen molar-refractivity contribution in [2.24, 2.45) is 0 Å². The molecule has 0 heterocycles. The molecule has 2 aromatic carbocycles. The minimum Gasteiger partial charge on any atom is -0.310 e. The number of hydrogen-bond donors (Lipinski definition) is 1. The van der Waals surface area contributed by atoms with Crippen molar-refractivity contribution < 1.29 is 4.39 Å². The van der Waals surface area contributed by atoms with Crippen LogP contribution in [0.1, 0.15) is 38.3 Å². The maximum Gasteiger partial charge on any atom is 0.127 e. The fraction of sp³-hybridized carbons (Fsp3) is 0.368. The highest BCUT2D eigenvalue weighted by atomic mass is 19.1. The molecule has 0 fully saturated rings. The third-order valence-corrected chi connectivity index (χ3v) is 3.97. The Balaban J connectivity index is 1.93. The summed E-state index contributed by atoms with van der Waals surface area (Å²) < 4.78 is 13.6. The average molecular weight is 285 g/mol. The van der Waals surface area contributed by atoms with Gasteiger partial charge in [0.05, 0.1) is 0 Å². The van der Waals surface area contributed by atoms with E-state index in [9.17, 15) is 4.39 Å². The van der Waals surface area contributed by atoms with Gasteiger partial charge in [0.2, 0.25) is 0 Å². The van der Waals surface area contributed by atoms with Gasteiger partial charge >= 0.3 is 0 Å². The molecule has 1 atom stereocenters. The Kier molecular flexibility index (Phi) is 5.13. The van der Waals surface area contributed by atoms with Crippen molar-refractivity contribution in [3.05, 3.63) is 71.5 Å². The standard InChI is InChI=1S/C19H24FN/c1-15(21-14-16-9-7-8-12-18(16)20)13-19(2,3)17-10-5-4-6-11-17/h4-12,15,21H,13-14H2,1-3H3. The molecule has 0 bridgehead atoms. The maximum absolute atomic E-state index is 13.6. The van der Waals surface area contributed by atoms with Crippen molar-refractivity contribution in [3.8, 4) is 0 Å². The predicted octanol–water partition coefficient (Wildman–Crippen LogP) is 4.67. The first-order valence-corrected chi connectivity index (χ1v) is 7.51. The molecule has 1 N–H and O–H groups in total. The number of nitrogens with one attached hydrogen (secondary N) is 1. The van der Waals surface area contributed by atoms with Crippen LogP contribution in [0.25, 0.3) is 0 Å². The van der Waals surface area contributed by atoms with Crippen LogP contribution in [0, 0.1) is 5.82 Å². The van der Waals surface area contributed by atoms with E-state index in [0.717, 1.165) is 12.0 Å². The Morgan fingerprint density at radius 1 is 1.00 bits per heavy atom. The summed E-state index contributed by atoms with van der Waals surface area (Å²) in [4.78, 5) is 0. The van der Waals surface area contributed by atoms with Crippen molar-refractivity contribution in [1.82, 2.24) is 5.32 Å². The van der Waals surface area contributed by atoms with E-state index in [1.54, 1.807) is 6.07 Å². The summed E-state index contributed by atoms with van der Waals surface area (Å²) >= 11 is 0. The Morgan fingerprint density at radius 2 is 1.62 bits per heavy atom. The Labute approximate surface area is 127 Å². The molecule has 1 nitrogen and oxygen atoms in total. The van der Waals surface area contributed by atoms with Gasteiger partial charge < -0.3 is 5.32 Å². The molecule has 112 valence electrons. The lowest BCUT2D eigenvalue weighted by Gasteiger charge is -2.29. The van der Waals surface area contributed by atoms with Crippen molar-refractivity contribution in [3.63, 3.8) is 0 Å². The van der Waals surface area contributed by atoms with Crippen molar-refractivity contribution >= 4 is 0 Å². The molecule has 0 spiro atoms. The molecule has 1 unspecified atom stereocenters. The number of halogens is 1. The second-order valence-corrected chi connectivity index (χ2v) is 6.33. The molecule has 21 heavy (non-hydrogen) atoms. The zero-order valence-electron chi connectivity index (χ0n) is 13.1. The van der Waals surface area contributed by atoms with Gasteiger partial charge in [-0.25, -0.2) is 4.39 Å². The Hall–Kier alpha value is -1.67. The zero-order chi connectivity index (χ0) is 15.3. The highest BCUT2D eigenvalue weighted by molar-refractivity contribution is 5.23. The summed E-state index contributed by atoms with van der Waals surface area (Å²) in [6, 6.07) is 17.8. The van der Waals surface area contributed by atoms with Crippen LogP contribution >= 0.6 is 0 Å². The molecular formula is C19H24FN. The summed E-state index contributed by atoms with van der Waals surface area (Å²) in [7, 11) is 0. The summed E-state index contributed by atoms with van der Waals surface area (Å²) in [5, 5.41) is 3.43. The van der Waals surface area contributed by atoms with Crippen LogP contribution in [0.5, 0.6) is 0 Å². The van der Waals surface area contributed by atoms with Gasteiger partial charge in [0.15, 0.2) is 0 Å². The molecule has 0 saturated heterocycles. The van der Waals surface area contributed by atoms with Crippen LogP contribution in [-0.4, -0.2) is 6.04 Å². The molecule has 2 rings (SSSR count). The lowest BCUT2D eigenvalue weighted by atomic mass is 9.79. The second-order valence-electron chi connectivity index (χ2n) is 6.33. The van der Waals surface area contributed by atoms with Gasteiger partial charge in [-0.3, -0.25) is 0 Å². The van der Waals surface area contributed by atoms with Gasteiger partial charge in [-0.2, -0.15) is 0 Å². The smallest absolute Gasteiger partial charge is 0.127 e. The number of hydrogen-bond acceptors (Lipinski definition) is 1. The first-order valence-electron chi connectivity index (χ1n) is 7.51. The maximum atomic E-state index is 13.6. The topological polar surface area (TPSA) is 12.0 Å². The van der Waals surface area contributed by atoms with Gasteiger partial charge in [-0.15, -0.1) is 0 Å². The van der Waals surface area contributed by atoms with Crippen LogP contribution in [0.3, 0.4) is 0 Å². The van der Waals surface area contributed by atoms with E-state index in [0.29, 0.717) is 12.6 Å². The Morgan fingerprint density at radius 3 is 2.29 bits per heavy atom. The van der Waals surface area contributed by atoms with E-state index in [4.69, 9.17) is 0 Å². The van der Waals surface area contributed by atoms with Crippen LogP contribution in [0.15, 0.2) is 54.6 Å². The normalized spacial score (nSPS) is 13.1. The fourth-order valence-electron chi connectivity index (χ4n) is 2.77. The molecule has 0 aliphatic rings. The average Bonchev–Trinajstić information content (AvgIpc) is 2.47. The monoisotopic (exact) mass is 285 g/mol. The van der Waals surface area contributed by atoms with E-state index in [1.165, 1.54) is 11.6 Å². The minimum absolute atomic E-state index is 0.100. The molecule has 0 aliphatic heterocycles. The SMILES string of the molecule is CC(CC(C)(C)c1ccccc1)NCc1ccccc1F. The molecule has 0 amide bonds. The summed E-state index contributed by atoms with van der Waals surface area (Å²) in [6.45, 7) is 7.23. The summed E-state index contributed by atoms with van der Waals surface area (Å²) in [6.07, 6.45) is 1.01. The van der Waals surface area contributed by atoms with Gasteiger partial charge in [0.1, 0.15) is 5.82 Å². The largest absolute Gasteiger partial charge is 0.310 e. The quantitative estimate of drug-likeness (QED) is 0.813. The molecule has 2 heteroatoms. The van der Waals surface area contributed by atoms with Gasteiger partial charge in [0.25, 0.3) is 0 Å². The molecule has 0 aromatic heterocycles. The molecule has 0 aliphatic carbocycles. The van der Waals surface area contributed by atoms with E-state index < -0.39 is 0 Å². The molecule has 0 saturated carbocycles. The first kappa shape index (κ1) is 15.7. The summed E-state index contributed by atoms with van der Waals surface area (Å²) in [5.41, 5.74) is 2.16.